The monoisotopic (exact) mass is 200 g/mol. The highest BCUT2D eigenvalue weighted by Crippen LogP contribution is 2.06. The van der Waals surface area contributed by atoms with Crippen molar-refractivity contribution < 1.29 is 0 Å². The van der Waals surface area contributed by atoms with Crippen molar-refractivity contribution in [2.24, 2.45) is 4.99 Å². The highest BCUT2D eigenvalue weighted by molar-refractivity contribution is 5.99. The molecule has 0 N–H and O–H groups in total. The van der Waals surface area contributed by atoms with E-state index in [0.29, 0.717) is 0 Å². The topological polar surface area (TPSA) is 25.2 Å². The van der Waals surface area contributed by atoms with Gasteiger partial charge < -0.3 is 0 Å². The molecule has 0 radical (unpaired) electrons. The van der Waals surface area contributed by atoms with Crippen LogP contribution in [0.3, 0.4) is 0 Å². The van der Waals surface area contributed by atoms with Crippen LogP contribution in [0.15, 0.2) is 47.9 Å². The van der Waals surface area contributed by atoms with E-state index in [1.807, 2.05) is 39.2 Å². The van der Waals surface area contributed by atoms with E-state index in [1.54, 1.807) is 6.08 Å². The number of hydrogen-bond acceptors (Lipinski definition) is 2. The molecule has 0 fully saturated rings. The number of aryl methyl sites for hydroxylation is 1. The Morgan fingerprint density at radius 2 is 2.20 bits per heavy atom. The maximum absolute atomic E-state index is 4.44. The summed E-state index contributed by atoms with van der Waals surface area (Å²) in [5.41, 5.74) is 4.03. The largest absolute Gasteiger partial charge is 0.264 e. The van der Waals surface area contributed by atoms with Crippen molar-refractivity contribution in [2.45, 2.75) is 20.8 Å². The van der Waals surface area contributed by atoms with E-state index < -0.39 is 0 Å². The molecular weight excluding hydrogens is 184 g/mol. The summed E-state index contributed by atoms with van der Waals surface area (Å²) in [7, 11) is 0. The molecule has 0 atom stereocenters. The molecule has 0 unspecified atom stereocenters. The zero-order chi connectivity index (χ0) is 11.3. The Hall–Kier alpha value is -1.70. The maximum Gasteiger partial charge on any atom is 0.0584 e. The van der Waals surface area contributed by atoms with Gasteiger partial charge in [0.1, 0.15) is 0 Å². The quantitative estimate of drug-likeness (QED) is 0.543. The van der Waals surface area contributed by atoms with E-state index in [4.69, 9.17) is 0 Å². The van der Waals surface area contributed by atoms with Crippen molar-refractivity contribution in [2.75, 3.05) is 0 Å². The molecule has 0 saturated carbocycles. The van der Waals surface area contributed by atoms with Crippen LogP contribution in [0.2, 0.25) is 0 Å². The van der Waals surface area contributed by atoms with E-state index in [1.165, 1.54) is 0 Å². The number of pyridine rings is 1. The first-order valence-corrected chi connectivity index (χ1v) is 4.93. The molecule has 1 rings (SSSR count). The number of aliphatic imine (C=N–C) groups is 1. The Balaban J connectivity index is 3.03. The molecule has 0 aliphatic carbocycles. The number of aromatic nitrogens is 1. The van der Waals surface area contributed by atoms with Crippen LogP contribution in [-0.4, -0.2) is 10.7 Å². The number of nitrogens with zero attached hydrogens (tertiary/aromatic N) is 2. The molecule has 0 saturated heterocycles. The van der Waals surface area contributed by atoms with E-state index >= 15 is 0 Å². The predicted octanol–water partition coefficient (Wildman–Crippen LogP) is 3.29. The summed E-state index contributed by atoms with van der Waals surface area (Å²) in [6.45, 7) is 9.65. The summed E-state index contributed by atoms with van der Waals surface area (Å²) in [6.07, 6.45) is 7.33. The summed E-state index contributed by atoms with van der Waals surface area (Å²) in [5, 5.41) is 0. The molecule has 2 heteroatoms. The Morgan fingerprint density at radius 3 is 2.73 bits per heavy atom. The third-order valence-corrected chi connectivity index (χ3v) is 2.09. The number of rotatable bonds is 3. The second-order valence-electron chi connectivity index (χ2n) is 3.37. The second-order valence-corrected chi connectivity index (χ2v) is 3.37. The van der Waals surface area contributed by atoms with Gasteiger partial charge in [0.15, 0.2) is 0 Å². The summed E-state index contributed by atoms with van der Waals surface area (Å²) in [5.74, 6) is 0. The van der Waals surface area contributed by atoms with Crippen molar-refractivity contribution in [3.8, 4) is 0 Å². The van der Waals surface area contributed by atoms with Crippen LogP contribution in [0, 0.1) is 6.92 Å². The Morgan fingerprint density at radius 1 is 1.47 bits per heavy atom. The molecule has 0 aromatic carbocycles. The Kier molecular flexibility index (Phi) is 3.98. The first-order chi connectivity index (χ1) is 7.17. The van der Waals surface area contributed by atoms with Gasteiger partial charge in [-0.2, -0.15) is 0 Å². The second kappa shape index (κ2) is 5.25. The number of allylic oxidation sites excluding steroid dienone is 2. The zero-order valence-corrected chi connectivity index (χ0v) is 9.49. The zero-order valence-electron chi connectivity index (χ0n) is 9.49. The third-order valence-electron chi connectivity index (χ3n) is 2.09. The molecular formula is C13H16N2. The highest BCUT2D eigenvalue weighted by atomic mass is 14.8. The summed E-state index contributed by atoms with van der Waals surface area (Å²) in [4.78, 5) is 8.58. The van der Waals surface area contributed by atoms with E-state index in [9.17, 15) is 0 Å². The minimum absolute atomic E-state index is 0.883. The Bertz CT molecular complexity index is 414. The first-order valence-electron chi connectivity index (χ1n) is 4.93. The lowest BCUT2D eigenvalue weighted by atomic mass is 10.1. The van der Waals surface area contributed by atoms with Crippen molar-refractivity contribution in [3.63, 3.8) is 0 Å². The van der Waals surface area contributed by atoms with Crippen LogP contribution in [0.25, 0.3) is 0 Å². The van der Waals surface area contributed by atoms with E-state index in [2.05, 4.69) is 22.6 Å². The predicted molar refractivity (Wildman–Crippen MR) is 65.1 cm³/mol. The highest BCUT2D eigenvalue weighted by Gasteiger charge is 1.98. The minimum Gasteiger partial charge on any atom is -0.264 e. The molecule has 1 heterocycles. The van der Waals surface area contributed by atoms with Crippen LogP contribution < -0.4 is 0 Å². The Labute approximate surface area is 91.1 Å². The third kappa shape index (κ3) is 3.17. The molecule has 1 aromatic rings. The molecule has 1 aromatic heterocycles. The SMILES string of the molecule is C=C/C(=C/C)N=C(C)c1cncc(C)c1. The van der Waals surface area contributed by atoms with Crippen molar-refractivity contribution in [1.29, 1.82) is 0 Å². The lowest BCUT2D eigenvalue weighted by Crippen LogP contribution is -1.96. The fourth-order valence-corrected chi connectivity index (χ4v) is 1.24. The molecule has 78 valence electrons. The van der Waals surface area contributed by atoms with Crippen LogP contribution in [0.1, 0.15) is 25.0 Å². The molecule has 0 amide bonds. The van der Waals surface area contributed by atoms with Gasteiger partial charge in [-0.1, -0.05) is 12.7 Å². The normalized spacial score (nSPS) is 12.7. The van der Waals surface area contributed by atoms with Gasteiger partial charge in [-0.15, -0.1) is 0 Å². The summed E-state index contributed by atoms with van der Waals surface area (Å²) in [6, 6.07) is 2.07. The van der Waals surface area contributed by atoms with Crippen molar-refractivity contribution >= 4 is 5.71 Å². The van der Waals surface area contributed by atoms with Gasteiger partial charge in [-0.25, -0.2) is 0 Å². The van der Waals surface area contributed by atoms with Gasteiger partial charge in [-0.05, 0) is 38.5 Å². The van der Waals surface area contributed by atoms with Crippen LogP contribution >= 0.6 is 0 Å². The fraction of sp³-hybridized carbons (Fsp3) is 0.231. The van der Waals surface area contributed by atoms with Crippen LogP contribution in [0.5, 0.6) is 0 Å². The molecule has 2 nitrogen and oxygen atoms in total. The standard InChI is InChI=1S/C13H16N2/c1-5-13(6-2)15-11(4)12-7-10(3)8-14-9-12/h5-9H,1H2,2-4H3/b13-6-,15-11?. The van der Waals surface area contributed by atoms with Gasteiger partial charge in [0.25, 0.3) is 0 Å². The van der Waals surface area contributed by atoms with Crippen LogP contribution in [-0.2, 0) is 0 Å². The van der Waals surface area contributed by atoms with Gasteiger partial charge in [0, 0.05) is 23.7 Å². The average molecular weight is 200 g/mol. The van der Waals surface area contributed by atoms with Gasteiger partial charge in [0.2, 0.25) is 0 Å². The molecule has 0 aliphatic rings. The summed E-state index contributed by atoms with van der Waals surface area (Å²) < 4.78 is 0. The molecule has 0 spiro atoms. The fourth-order valence-electron chi connectivity index (χ4n) is 1.24. The van der Waals surface area contributed by atoms with Gasteiger partial charge in [-0.3, -0.25) is 9.98 Å². The van der Waals surface area contributed by atoms with E-state index in [-0.39, 0.29) is 0 Å². The summed E-state index contributed by atoms with van der Waals surface area (Å²) >= 11 is 0. The van der Waals surface area contributed by atoms with Crippen LogP contribution in [0.4, 0.5) is 0 Å². The smallest absolute Gasteiger partial charge is 0.0584 e. The lowest BCUT2D eigenvalue weighted by molar-refractivity contribution is 1.25. The van der Waals surface area contributed by atoms with E-state index in [0.717, 1.165) is 22.5 Å². The minimum atomic E-state index is 0.883. The van der Waals surface area contributed by atoms with Gasteiger partial charge in [0.05, 0.1) is 5.70 Å². The molecule has 0 aliphatic heterocycles. The van der Waals surface area contributed by atoms with Crippen molar-refractivity contribution in [1.82, 2.24) is 4.98 Å². The average Bonchev–Trinajstić information content (AvgIpc) is 2.25. The number of hydrogen-bond donors (Lipinski definition) is 0. The lowest BCUT2D eigenvalue weighted by Gasteiger charge is -2.01. The van der Waals surface area contributed by atoms with Crippen molar-refractivity contribution in [3.05, 3.63) is 54.0 Å². The maximum atomic E-state index is 4.44. The first kappa shape index (κ1) is 11.4. The molecule has 0 bridgehead atoms. The molecule has 15 heavy (non-hydrogen) atoms. The van der Waals surface area contributed by atoms with Gasteiger partial charge >= 0.3 is 0 Å².